The second-order valence-corrected chi connectivity index (χ2v) is 3.95. The van der Waals surface area contributed by atoms with Crippen LogP contribution in [-0.2, 0) is 13.1 Å². The Bertz CT molecular complexity index is 462. The van der Waals surface area contributed by atoms with Gasteiger partial charge in [0.1, 0.15) is 11.5 Å². The van der Waals surface area contributed by atoms with E-state index in [-0.39, 0.29) is 0 Å². The van der Waals surface area contributed by atoms with Gasteiger partial charge in [0.15, 0.2) is 0 Å². The lowest BCUT2D eigenvalue weighted by Gasteiger charge is -2.04. The van der Waals surface area contributed by atoms with Gasteiger partial charge in [-0.3, -0.25) is 0 Å². The molecule has 0 unspecified atom stereocenters. The van der Waals surface area contributed by atoms with Gasteiger partial charge in [0.05, 0.1) is 6.54 Å². The van der Waals surface area contributed by atoms with E-state index in [1.807, 2.05) is 19.1 Å². The summed E-state index contributed by atoms with van der Waals surface area (Å²) in [5.74, 6) is 2.48. The second-order valence-electron chi connectivity index (χ2n) is 3.95. The zero-order valence-corrected chi connectivity index (χ0v) is 10.2. The van der Waals surface area contributed by atoms with Crippen molar-refractivity contribution in [2.24, 2.45) is 0 Å². The zero-order valence-electron chi connectivity index (χ0n) is 10.2. The molecule has 17 heavy (non-hydrogen) atoms. The first kappa shape index (κ1) is 11.6. The van der Waals surface area contributed by atoms with Crippen LogP contribution in [0.25, 0.3) is 0 Å². The van der Waals surface area contributed by atoms with Crippen LogP contribution in [0, 0.1) is 6.92 Å². The third-order valence-electron chi connectivity index (χ3n) is 2.47. The summed E-state index contributed by atoms with van der Waals surface area (Å²) < 4.78 is 7.24. The number of nitrogens with one attached hydrogen (secondary N) is 1. The molecule has 92 valence electrons. The van der Waals surface area contributed by atoms with Crippen molar-refractivity contribution in [1.82, 2.24) is 20.2 Å². The van der Waals surface area contributed by atoms with E-state index < -0.39 is 0 Å². The van der Waals surface area contributed by atoms with E-state index in [1.165, 1.54) is 0 Å². The molecule has 6 nitrogen and oxygen atoms in total. The highest BCUT2D eigenvalue weighted by molar-refractivity contribution is 5.23. The van der Waals surface area contributed by atoms with Crippen molar-refractivity contribution in [2.75, 3.05) is 5.32 Å². The highest BCUT2D eigenvalue weighted by Gasteiger charge is 2.05. The van der Waals surface area contributed by atoms with Crippen LogP contribution in [0.3, 0.4) is 0 Å². The molecule has 0 aromatic carbocycles. The summed E-state index contributed by atoms with van der Waals surface area (Å²) in [4.78, 5) is 0. The average molecular weight is 235 g/mol. The van der Waals surface area contributed by atoms with Crippen LogP contribution in [-0.4, -0.2) is 20.2 Å². The van der Waals surface area contributed by atoms with Crippen molar-refractivity contribution in [1.29, 1.82) is 0 Å². The smallest absolute Gasteiger partial charge is 0.243 e. The number of nitrogens with zero attached hydrogens (tertiary/aromatic N) is 4. The molecular weight excluding hydrogens is 218 g/mol. The second kappa shape index (κ2) is 5.47. The highest BCUT2D eigenvalue weighted by Crippen LogP contribution is 2.09. The monoisotopic (exact) mass is 235 g/mol. The maximum atomic E-state index is 5.46. The van der Waals surface area contributed by atoms with Gasteiger partial charge in [-0.2, -0.15) is 0 Å². The molecular formula is C11H17N5O. The molecule has 2 aromatic rings. The standard InChI is InChI=1S/C11H17N5O/c1-3-4-7-16-11(13-14-15-16)12-8-10-6-5-9(2)17-10/h5-6H,3-4,7-8H2,1-2H3,(H,12,13,15). The fourth-order valence-electron chi connectivity index (χ4n) is 1.54. The molecule has 0 saturated carbocycles. The SMILES string of the molecule is CCCCn1nnnc1NCc1ccc(C)o1. The van der Waals surface area contributed by atoms with Gasteiger partial charge in [-0.15, -0.1) is 0 Å². The number of hydrogen-bond donors (Lipinski definition) is 1. The Morgan fingerprint density at radius 3 is 3.00 bits per heavy atom. The number of anilines is 1. The Morgan fingerprint density at radius 1 is 1.41 bits per heavy atom. The Kier molecular flexibility index (Phi) is 3.74. The van der Waals surface area contributed by atoms with Gasteiger partial charge in [-0.25, -0.2) is 4.68 Å². The van der Waals surface area contributed by atoms with Crippen LogP contribution in [0.1, 0.15) is 31.3 Å². The van der Waals surface area contributed by atoms with Crippen molar-refractivity contribution in [2.45, 2.75) is 39.8 Å². The minimum atomic E-state index is 0.598. The molecule has 0 bridgehead atoms. The van der Waals surface area contributed by atoms with Crippen molar-refractivity contribution in [3.63, 3.8) is 0 Å². The Morgan fingerprint density at radius 2 is 2.29 bits per heavy atom. The minimum absolute atomic E-state index is 0.598. The predicted octanol–water partition coefficient (Wildman–Crippen LogP) is 1.99. The fourth-order valence-corrected chi connectivity index (χ4v) is 1.54. The first-order valence-electron chi connectivity index (χ1n) is 5.85. The lowest BCUT2D eigenvalue weighted by Crippen LogP contribution is -2.08. The summed E-state index contributed by atoms with van der Waals surface area (Å²) >= 11 is 0. The van der Waals surface area contributed by atoms with Crippen LogP contribution in [0.2, 0.25) is 0 Å². The van der Waals surface area contributed by atoms with Crippen molar-refractivity contribution < 1.29 is 4.42 Å². The number of furan rings is 1. The van der Waals surface area contributed by atoms with E-state index in [4.69, 9.17) is 4.42 Å². The van der Waals surface area contributed by atoms with Gasteiger partial charge < -0.3 is 9.73 Å². The van der Waals surface area contributed by atoms with E-state index >= 15 is 0 Å². The number of rotatable bonds is 6. The van der Waals surface area contributed by atoms with Crippen molar-refractivity contribution in [3.8, 4) is 0 Å². The maximum absolute atomic E-state index is 5.46. The van der Waals surface area contributed by atoms with Gasteiger partial charge in [0.2, 0.25) is 5.95 Å². The van der Waals surface area contributed by atoms with Crippen LogP contribution in [0.5, 0.6) is 0 Å². The quantitative estimate of drug-likeness (QED) is 0.829. The van der Waals surface area contributed by atoms with Gasteiger partial charge in [-0.1, -0.05) is 18.4 Å². The van der Waals surface area contributed by atoms with Crippen molar-refractivity contribution in [3.05, 3.63) is 23.7 Å². The average Bonchev–Trinajstić information content (AvgIpc) is 2.92. The lowest BCUT2D eigenvalue weighted by atomic mass is 10.3. The van der Waals surface area contributed by atoms with Crippen LogP contribution in [0.4, 0.5) is 5.95 Å². The van der Waals surface area contributed by atoms with Gasteiger partial charge >= 0.3 is 0 Å². The van der Waals surface area contributed by atoms with Gasteiger partial charge in [-0.05, 0) is 35.9 Å². The van der Waals surface area contributed by atoms with E-state index in [0.29, 0.717) is 12.5 Å². The molecule has 1 N–H and O–H groups in total. The molecule has 2 heterocycles. The van der Waals surface area contributed by atoms with Crippen molar-refractivity contribution >= 4 is 5.95 Å². The summed E-state index contributed by atoms with van der Waals surface area (Å²) in [5, 5.41) is 14.7. The normalized spacial score (nSPS) is 10.7. The molecule has 0 radical (unpaired) electrons. The summed E-state index contributed by atoms with van der Waals surface area (Å²) in [7, 11) is 0. The number of aromatic nitrogens is 4. The summed E-state index contributed by atoms with van der Waals surface area (Å²) in [6.07, 6.45) is 2.19. The summed E-state index contributed by atoms with van der Waals surface area (Å²) in [5.41, 5.74) is 0. The lowest BCUT2D eigenvalue weighted by molar-refractivity contribution is 0.488. The number of unbranched alkanes of at least 4 members (excludes halogenated alkanes) is 1. The minimum Gasteiger partial charge on any atom is -0.465 e. The van der Waals surface area contributed by atoms with Crippen LogP contribution >= 0.6 is 0 Å². The maximum Gasteiger partial charge on any atom is 0.243 e. The first-order chi connectivity index (χ1) is 8.29. The molecule has 0 saturated heterocycles. The molecule has 6 heteroatoms. The molecule has 0 aliphatic rings. The van der Waals surface area contributed by atoms with Crippen LogP contribution in [0.15, 0.2) is 16.5 Å². The first-order valence-corrected chi connectivity index (χ1v) is 5.85. The third-order valence-corrected chi connectivity index (χ3v) is 2.47. The Hall–Kier alpha value is -1.85. The molecule has 0 atom stereocenters. The zero-order chi connectivity index (χ0) is 12.1. The molecule has 0 aliphatic heterocycles. The molecule has 0 spiro atoms. The fraction of sp³-hybridized carbons (Fsp3) is 0.545. The number of aryl methyl sites for hydroxylation is 2. The largest absolute Gasteiger partial charge is 0.465 e. The summed E-state index contributed by atoms with van der Waals surface area (Å²) in [6.45, 7) is 5.50. The van der Waals surface area contributed by atoms with Gasteiger partial charge in [0, 0.05) is 6.54 Å². The molecule has 2 aromatic heterocycles. The Labute approximate surface area is 100 Å². The number of hydrogen-bond acceptors (Lipinski definition) is 5. The molecule has 0 amide bonds. The van der Waals surface area contributed by atoms with E-state index in [0.717, 1.165) is 30.9 Å². The molecule has 0 aliphatic carbocycles. The van der Waals surface area contributed by atoms with Crippen LogP contribution < -0.4 is 5.32 Å². The van der Waals surface area contributed by atoms with E-state index in [2.05, 4.69) is 27.8 Å². The van der Waals surface area contributed by atoms with E-state index in [9.17, 15) is 0 Å². The topological polar surface area (TPSA) is 68.8 Å². The number of tetrazole rings is 1. The highest BCUT2D eigenvalue weighted by atomic mass is 16.3. The Balaban J connectivity index is 1.92. The van der Waals surface area contributed by atoms with E-state index in [1.54, 1.807) is 4.68 Å². The third kappa shape index (κ3) is 3.05. The predicted molar refractivity (Wildman–Crippen MR) is 63.5 cm³/mol. The van der Waals surface area contributed by atoms with Gasteiger partial charge in [0.25, 0.3) is 0 Å². The molecule has 0 fully saturated rings. The summed E-state index contributed by atoms with van der Waals surface area (Å²) in [6, 6.07) is 3.89. The molecule has 2 rings (SSSR count).